The molecule has 0 atom stereocenters. The molecule has 2 aromatic rings. The van der Waals surface area contributed by atoms with Crippen LogP contribution in [-0.4, -0.2) is 24.7 Å². The molecule has 0 bridgehead atoms. The first-order valence-electron chi connectivity index (χ1n) is 8.97. The van der Waals surface area contributed by atoms with Gasteiger partial charge in [-0.2, -0.15) is 13.2 Å². The highest BCUT2D eigenvalue weighted by molar-refractivity contribution is 7.17. The Morgan fingerprint density at radius 2 is 1.75 bits per heavy atom. The van der Waals surface area contributed by atoms with Crippen LogP contribution in [0.5, 0.6) is 0 Å². The summed E-state index contributed by atoms with van der Waals surface area (Å²) in [6, 6.07) is 7.49. The molecule has 1 heterocycles. The molecule has 1 N–H and O–H groups in total. The van der Waals surface area contributed by atoms with Crippen LogP contribution >= 0.6 is 11.3 Å². The van der Waals surface area contributed by atoms with E-state index in [4.69, 9.17) is 4.74 Å². The molecule has 0 saturated heterocycles. The smallest absolute Gasteiger partial charge is 0.462 e. The SMILES string of the molecule is CCCOC(=O)c1c(NC(=O)C(F)(F)F)sc(C)c1-c1ccc(CCC)cc1. The summed E-state index contributed by atoms with van der Waals surface area (Å²) in [5.74, 6) is -2.88. The van der Waals surface area contributed by atoms with E-state index in [1.807, 2.05) is 36.5 Å². The first-order chi connectivity index (χ1) is 13.2. The number of carbonyl (C=O) groups excluding carboxylic acids is 2. The van der Waals surface area contributed by atoms with Crippen LogP contribution in [0.4, 0.5) is 18.2 Å². The van der Waals surface area contributed by atoms with Gasteiger partial charge in [-0.25, -0.2) is 4.79 Å². The van der Waals surface area contributed by atoms with E-state index in [0.29, 0.717) is 22.4 Å². The standard InChI is InChI=1S/C20H22F3NO3S/c1-4-6-13-7-9-14(10-8-13)15-12(3)28-17(24-19(26)20(21,22)23)16(15)18(25)27-11-5-2/h7-10H,4-6,11H2,1-3H3,(H,24,26). The number of aryl methyl sites for hydroxylation is 2. The topological polar surface area (TPSA) is 55.4 Å². The van der Waals surface area contributed by atoms with Gasteiger partial charge in [-0.05, 0) is 30.9 Å². The second kappa shape index (κ2) is 9.23. The first-order valence-corrected chi connectivity index (χ1v) is 9.78. The lowest BCUT2D eigenvalue weighted by atomic mass is 9.99. The second-order valence-corrected chi connectivity index (χ2v) is 7.50. The molecular formula is C20H22F3NO3S. The van der Waals surface area contributed by atoms with Crippen molar-refractivity contribution in [3.05, 3.63) is 40.3 Å². The van der Waals surface area contributed by atoms with Crippen molar-refractivity contribution in [2.24, 2.45) is 0 Å². The summed E-state index contributed by atoms with van der Waals surface area (Å²) < 4.78 is 43.2. The highest BCUT2D eigenvalue weighted by atomic mass is 32.1. The van der Waals surface area contributed by atoms with Crippen molar-refractivity contribution in [2.75, 3.05) is 11.9 Å². The van der Waals surface area contributed by atoms with E-state index in [0.717, 1.165) is 29.7 Å². The molecule has 28 heavy (non-hydrogen) atoms. The third kappa shape index (κ3) is 5.13. The van der Waals surface area contributed by atoms with Crippen molar-refractivity contribution < 1.29 is 27.5 Å². The molecule has 2 rings (SSSR count). The fourth-order valence-corrected chi connectivity index (χ4v) is 3.80. The summed E-state index contributed by atoms with van der Waals surface area (Å²) in [6.45, 7) is 5.70. The minimum atomic E-state index is -5.05. The third-order valence-electron chi connectivity index (χ3n) is 3.99. The summed E-state index contributed by atoms with van der Waals surface area (Å²) in [5.41, 5.74) is 2.24. The molecule has 4 nitrogen and oxygen atoms in total. The highest BCUT2D eigenvalue weighted by Gasteiger charge is 2.40. The van der Waals surface area contributed by atoms with Crippen molar-refractivity contribution in [1.29, 1.82) is 0 Å². The number of alkyl halides is 3. The lowest BCUT2D eigenvalue weighted by molar-refractivity contribution is -0.167. The van der Waals surface area contributed by atoms with Crippen molar-refractivity contribution in [3.8, 4) is 11.1 Å². The summed E-state index contributed by atoms with van der Waals surface area (Å²) in [5, 5.41) is 1.67. The molecule has 152 valence electrons. The maximum Gasteiger partial charge on any atom is 0.471 e. The molecule has 0 aliphatic heterocycles. The predicted molar refractivity (Wildman–Crippen MR) is 104 cm³/mol. The fraction of sp³-hybridized carbons (Fsp3) is 0.400. The number of carbonyl (C=O) groups is 2. The minimum absolute atomic E-state index is 0.0446. The zero-order valence-electron chi connectivity index (χ0n) is 15.9. The number of anilines is 1. The Morgan fingerprint density at radius 3 is 2.29 bits per heavy atom. The zero-order chi connectivity index (χ0) is 20.9. The van der Waals surface area contributed by atoms with E-state index >= 15 is 0 Å². The summed E-state index contributed by atoms with van der Waals surface area (Å²) >= 11 is 0.924. The van der Waals surface area contributed by atoms with E-state index in [1.165, 1.54) is 0 Å². The van der Waals surface area contributed by atoms with Gasteiger partial charge in [0.05, 0.1) is 6.61 Å². The largest absolute Gasteiger partial charge is 0.471 e. The van der Waals surface area contributed by atoms with E-state index in [1.54, 1.807) is 6.92 Å². The summed E-state index contributed by atoms with van der Waals surface area (Å²) in [6.07, 6.45) is -2.59. The maximum atomic E-state index is 12.7. The van der Waals surface area contributed by atoms with Gasteiger partial charge in [0.15, 0.2) is 0 Å². The zero-order valence-corrected chi connectivity index (χ0v) is 16.7. The van der Waals surface area contributed by atoms with Crippen LogP contribution in [0.25, 0.3) is 11.1 Å². The van der Waals surface area contributed by atoms with Gasteiger partial charge >= 0.3 is 18.1 Å². The Kier molecular flexibility index (Phi) is 7.23. The molecule has 0 aliphatic rings. The Balaban J connectivity index is 2.51. The first kappa shape index (κ1) is 21.9. The number of amides is 1. The number of halogens is 3. The van der Waals surface area contributed by atoms with Gasteiger partial charge in [-0.1, -0.05) is 44.5 Å². The van der Waals surface area contributed by atoms with Crippen LogP contribution in [0.15, 0.2) is 24.3 Å². The number of rotatable bonds is 7. The fourth-order valence-electron chi connectivity index (χ4n) is 2.74. The predicted octanol–water partition coefficient (Wildman–Crippen LogP) is 5.74. The molecule has 0 saturated carbocycles. The Labute approximate surface area is 165 Å². The van der Waals surface area contributed by atoms with Gasteiger partial charge in [-0.3, -0.25) is 4.79 Å². The second-order valence-electron chi connectivity index (χ2n) is 6.27. The van der Waals surface area contributed by atoms with E-state index in [9.17, 15) is 22.8 Å². The molecule has 0 unspecified atom stereocenters. The molecule has 1 aromatic carbocycles. The average molecular weight is 413 g/mol. The maximum absolute atomic E-state index is 12.7. The molecular weight excluding hydrogens is 391 g/mol. The molecule has 1 amide bonds. The molecule has 8 heteroatoms. The monoisotopic (exact) mass is 413 g/mol. The molecule has 1 aromatic heterocycles. The van der Waals surface area contributed by atoms with Gasteiger partial charge in [0.2, 0.25) is 0 Å². The van der Waals surface area contributed by atoms with Crippen molar-refractivity contribution >= 4 is 28.2 Å². The molecule has 0 spiro atoms. The van der Waals surface area contributed by atoms with E-state index in [2.05, 4.69) is 6.92 Å². The molecule has 0 aliphatic carbocycles. The highest BCUT2D eigenvalue weighted by Crippen LogP contribution is 2.41. The number of nitrogens with one attached hydrogen (secondary N) is 1. The van der Waals surface area contributed by atoms with Crippen molar-refractivity contribution in [2.45, 2.75) is 46.2 Å². The molecule has 0 radical (unpaired) electrons. The van der Waals surface area contributed by atoms with Gasteiger partial charge in [0.25, 0.3) is 0 Å². The third-order valence-corrected chi connectivity index (χ3v) is 5.01. The van der Waals surface area contributed by atoms with Gasteiger partial charge < -0.3 is 10.1 Å². The number of ether oxygens (including phenoxy) is 1. The van der Waals surface area contributed by atoms with Crippen LogP contribution in [0, 0.1) is 6.92 Å². The van der Waals surface area contributed by atoms with Gasteiger partial charge in [0.1, 0.15) is 10.6 Å². The lowest BCUT2D eigenvalue weighted by Crippen LogP contribution is -2.30. The number of hydrogen-bond donors (Lipinski definition) is 1. The lowest BCUT2D eigenvalue weighted by Gasteiger charge is -2.11. The van der Waals surface area contributed by atoms with Crippen LogP contribution in [0.2, 0.25) is 0 Å². The minimum Gasteiger partial charge on any atom is -0.462 e. The quantitative estimate of drug-likeness (QED) is 0.589. The number of benzene rings is 1. The number of esters is 1. The van der Waals surface area contributed by atoms with Crippen LogP contribution in [0.3, 0.4) is 0 Å². The van der Waals surface area contributed by atoms with Crippen molar-refractivity contribution in [1.82, 2.24) is 0 Å². The van der Waals surface area contributed by atoms with Crippen LogP contribution < -0.4 is 5.32 Å². The Bertz CT molecular complexity index is 842. The van der Waals surface area contributed by atoms with Gasteiger partial charge in [-0.15, -0.1) is 11.3 Å². The van der Waals surface area contributed by atoms with E-state index in [-0.39, 0.29) is 17.2 Å². The normalized spacial score (nSPS) is 11.4. The van der Waals surface area contributed by atoms with Gasteiger partial charge in [0, 0.05) is 10.4 Å². The Morgan fingerprint density at radius 1 is 1.11 bits per heavy atom. The summed E-state index contributed by atoms with van der Waals surface area (Å²) in [7, 11) is 0. The molecule has 0 fully saturated rings. The van der Waals surface area contributed by atoms with Crippen LogP contribution in [0.1, 0.15) is 47.5 Å². The number of hydrogen-bond acceptors (Lipinski definition) is 4. The van der Waals surface area contributed by atoms with Crippen molar-refractivity contribution in [3.63, 3.8) is 0 Å². The Hall–Kier alpha value is -2.35. The number of thiophene rings is 1. The van der Waals surface area contributed by atoms with E-state index < -0.39 is 18.1 Å². The van der Waals surface area contributed by atoms with Crippen LogP contribution in [-0.2, 0) is 16.0 Å². The average Bonchev–Trinajstić information content (AvgIpc) is 2.95. The summed E-state index contributed by atoms with van der Waals surface area (Å²) in [4.78, 5) is 24.6.